The lowest BCUT2D eigenvalue weighted by Gasteiger charge is -2.15. The van der Waals surface area contributed by atoms with Crippen LogP contribution in [0.5, 0.6) is 0 Å². The summed E-state index contributed by atoms with van der Waals surface area (Å²) < 4.78 is 0. The maximum Gasteiger partial charge on any atom is 0.313 e. The first kappa shape index (κ1) is 10.0. The summed E-state index contributed by atoms with van der Waals surface area (Å²) in [4.78, 5) is 10.6. The van der Waals surface area contributed by atoms with Crippen LogP contribution in [0, 0.1) is 5.41 Å². The van der Waals surface area contributed by atoms with Crippen molar-refractivity contribution in [1.29, 1.82) is 5.41 Å². The van der Waals surface area contributed by atoms with E-state index in [0.717, 1.165) is 5.56 Å². The van der Waals surface area contributed by atoms with Crippen molar-refractivity contribution < 1.29 is 4.79 Å². The van der Waals surface area contributed by atoms with Crippen LogP contribution in [0.15, 0.2) is 30.3 Å². The molecule has 0 aromatic heterocycles. The summed E-state index contributed by atoms with van der Waals surface area (Å²) in [7, 11) is 0. The predicted molar refractivity (Wildman–Crippen MR) is 53.8 cm³/mol. The van der Waals surface area contributed by atoms with Gasteiger partial charge in [0.15, 0.2) is 0 Å². The van der Waals surface area contributed by atoms with Gasteiger partial charge in [0.2, 0.25) is 0 Å². The van der Waals surface area contributed by atoms with Crippen LogP contribution in [0.1, 0.15) is 11.6 Å². The molecule has 1 atom stereocenters. The summed E-state index contributed by atoms with van der Waals surface area (Å²) in [5, 5.41) is 9.67. The third-order valence-electron chi connectivity index (χ3n) is 1.73. The molecule has 1 aromatic carbocycles. The van der Waals surface area contributed by atoms with E-state index in [1.807, 2.05) is 6.07 Å². The molecule has 2 amide bonds. The fourth-order valence-corrected chi connectivity index (χ4v) is 1.13. The number of amides is 2. The molecule has 1 unspecified atom stereocenters. The molecule has 1 rings (SSSR count). The number of amidine groups is 1. The highest BCUT2D eigenvalue weighted by Gasteiger charge is 2.15. The molecule has 74 valence electrons. The van der Waals surface area contributed by atoms with E-state index in [-0.39, 0.29) is 5.84 Å². The van der Waals surface area contributed by atoms with Crippen molar-refractivity contribution in [2.24, 2.45) is 11.5 Å². The quantitative estimate of drug-likeness (QED) is 0.409. The molecule has 5 heteroatoms. The maximum atomic E-state index is 10.6. The van der Waals surface area contributed by atoms with Crippen molar-refractivity contribution in [2.75, 3.05) is 0 Å². The molecule has 0 aliphatic heterocycles. The zero-order valence-electron chi connectivity index (χ0n) is 7.53. The normalized spacial score (nSPS) is 11.7. The van der Waals surface area contributed by atoms with Crippen LogP contribution in [-0.2, 0) is 0 Å². The van der Waals surface area contributed by atoms with Gasteiger partial charge in [-0.15, -0.1) is 0 Å². The number of nitrogens with two attached hydrogens (primary N) is 2. The minimum Gasteiger partial charge on any atom is -0.386 e. The van der Waals surface area contributed by atoms with E-state index >= 15 is 0 Å². The van der Waals surface area contributed by atoms with Crippen molar-refractivity contribution in [3.05, 3.63) is 35.9 Å². The van der Waals surface area contributed by atoms with Crippen LogP contribution in [0.4, 0.5) is 4.79 Å². The summed E-state index contributed by atoms with van der Waals surface area (Å²) in [5.41, 5.74) is 11.0. The van der Waals surface area contributed by atoms with Gasteiger partial charge in [0.1, 0.15) is 11.9 Å². The second-order valence-corrected chi connectivity index (χ2v) is 2.81. The van der Waals surface area contributed by atoms with Gasteiger partial charge >= 0.3 is 6.03 Å². The molecule has 0 aliphatic carbocycles. The van der Waals surface area contributed by atoms with Gasteiger partial charge in [0.05, 0.1) is 0 Å². The van der Waals surface area contributed by atoms with Gasteiger partial charge < -0.3 is 16.8 Å². The van der Waals surface area contributed by atoms with E-state index in [2.05, 4.69) is 5.32 Å². The standard InChI is InChI=1S/C9H12N4O/c10-8(11)7(13-9(12)14)6-4-2-1-3-5-6/h1-5,7H,(H3,10,11)(H3,12,13,14). The average Bonchev–Trinajstić information content (AvgIpc) is 2.15. The first-order chi connectivity index (χ1) is 6.61. The van der Waals surface area contributed by atoms with Crippen molar-refractivity contribution in [2.45, 2.75) is 6.04 Å². The van der Waals surface area contributed by atoms with Crippen LogP contribution in [0.25, 0.3) is 0 Å². The van der Waals surface area contributed by atoms with Crippen LogP contribution in [0.2, 0.25) is 0 Å². The largest absolute Gasteiger partial charge is 0.386 e. The Morgan fingerprint density at radius 2 is 1.86 bits per heavy atom. The molecule has 0 spiro atoms. The molecular weight excluding hydrogens is 180 g/mol. The molecule has 6 N–H and O–H groups in total. The first-order valence-electron chi connectivity index (χ1n) is 4.06. The molecule has 1 aromatic rings. The summed E-state index contributed by atoms with van der Waals surface area (Å²) in [6, 6.07) is 7.62. The lowest BCUT2D eigenvalue weighted by Crippen LogP contribution is -2.39. The van der Waals surface area contributed by atoms with Crippen LogP contribution < -0.4 is 16.8 Å². The third-order valence-corrected chi connectivity index (χ3v) is 1.73. The number of rotatable bonds is 3. The third kappa shape index (κ3) is 2.48. The Morgan fingerprint density at radius 3 is 2.29 bits per heavy atom. The highest BCUT2D eigenvalue weighted by atomic mass is 16.2. The number of carbonyl (C=O) groups excluding carboxylic acids is 1. The minimum atomic E-state index is -0.700. The molecule has 0 radical (unpaired) electrons. The molecular formula is C9H12N4O. The molecule has 0 saturated heterocycles. The van der Waals surface area contributed by atoms with E-state index in [9.17, 15) is 4.79 Å². The second-order valence-electron chi connectivity index (χ2n) is 2.81. The molecule has 0 aliphatic rings. The van der Waals surface area contributed by atoms with Crippen molar-refractivity contribution in [3.63, 3.8) is 0 Å². The minimum absolute atomic E-state index is 0.144. The monoisotopic (exact) mass is 192 g/mol. The molecule has 0 fully saturated rings. The number of hydrogen-bond acceptors (Lipinski definition) is 2. The van der Waals surface area contributed by atoms with E-state index in [0.29, 0.717) is 0 Å². The zero-order valence-corrected chi connectivity index (χ0v) is 7.53. The van der Waals surface area contributed by atoms with Crippen molar-refractivity contribution in [1.82, 2.24) is 5.32 Å². The fraction of sp³-hybridized carbons (Fsp3) is 0.111. The molecule has 14 heavy (non-hydrogen) atoms. The first-order valence-corrected chi connectivity index (χ1v) is 4.06. The summed E-state index contributed by atoms with van der Waals surface area (Å²) in [6.07, 6.45) is 0. The zero-order chi connectivity index (χ0) is 10.6. The molecule has 0 heterocycles. The Balaban J connectivity index is 2.89. The molecule has 0 saturated carbocycles. The van der Waals surface area contributed by atoms with Gasteiger partial charge in [-0.05, 0) is 5.56 Å². The lowest BCUT2D eigenvalue weighted by molar-refractivity contribution is 0.247. The number of carbonyl (C=O) groups is 1. The summed E-state index contributed by atoms with van der Waals surface area (Å²) >= 11 is 0. The SMILES string of the molecule is N=C(N)C(NC(N)=O)c1ccccc1. The summed E-state index contributed by atoms with van der Waals surface area (Å²) in [6.45, 7) is 0. The van der Waals surface area contributed by atoms with Gasteiger partial charge in [-0.2, -0.15) is 0 Å². The van der Waals surface area contributed by atoms with Crippen molar-refractivity contribution >= 4 is 11.9 Å². The van der Waals surface area contributed by atoms with E-state index in [4.69, 9.17) is 16.9 Å². The summed E-state index contributed by atoms with van der Waals surface area (Å²) in [5.74, 6) is -0.144. The van der Waals surface area contributed by atoms with Gasteiger partial charge in [-0.3, -0.25) is 5.41 Å². The number of urea groups is 1. The maximum absolute atomic E-state index is 10.6. The Bertz CT molecular complexity index is 336. The fourth-order valence-electron chi connectivity index (χ4n) is 1.13. The Hall–Kier alpha value is -2.04. The topological polar surface area (TPSA) is 105 Å². The van der Waals surface area contributed by atoms with Gasteiger partial charge in [-0.1, -0.05) is 30.3 Å². The number of nitrogens with one attached hydrogen (secondary N) is 2. The number of benzene rings is 1. The van der Waals surface area contributed by atoms with Crippen LogP contribution >= 0.6 is 0 Å². The average molecular weight is 192 g/mol. The van der Waals surface area contributed by atoms with Gasteiger partial charge in [0.25, 0.3) is 0 Å². The van der Waals surface area contributed by atoms with Gasteiger partial charge in [-0.25, -0.2) is 4.79 Å². The second kappa shape index (κ2) is 4.27. The smallest absolute Gasteiger partial charge is 0.313 e. The van der Waals surface area contributed by atoms with E-state index < -0.39 is 12.1 Å². The number of primary amides is 1. The van der Waals surface area contributed by atoms with Crippen molar-refractivity contribution in [3.8, 4) is 0 Å². The number of hydrogen-bond donors (Lipinski definition) is 4. The van der Waals surface area contributed by atoms with E-state index in [1.165, 1.54) is 0 Å². The Morgan fingerprint density at radius 1 is 1.29 bits per heavy atom. The van der Waals surface area contributed by atoms with E-state index in [1.54, 1.807) is 24.3 Å². The van der Waals surface area contributed by atoms with Gasteiger partial charge in [0, 0.05) is 0 Å². The molecule has 5 nitrogen and oxygen atoms in total. The highest BCUT2D eigenvalue weighted by Crippen LogP contribution is 2.11. The predicted octanol–water partition coefficient (Wildman–Crippen LogP) is 0.332. The highest BCUT2D eigenvalue weighted by molar-refractivity contribution is 5.88. The lowest BCUT2D eigenvalue weighted by atomic mass is 10.1. The molecule has 0 bridgehead atoms. The van der Waals surface area contributed by atoms with Crippen LogP contribution in [0.3, 0.4) is 0 Å². The Labute approximate surface area is 81.6 Å². The Kier molecular flexibility index (Phi) is 3.06. The van der Waals surface area contributed by atoms with Crippen LogP contribution in [-0.4, -0.2) is 11.9 Å².